The van der Waals surface area contributed by atoms with Gasteiger partial charge in [-0.25, -0.2) is 0 Å². The van der Waals surface area contributed by atoms with Crippen LogP contribution in [0.5, 0.6) is 0 Å². The molecule has 2 atom stereocenters. The molecule has 3 rings (SSSR count). The van der Waals surface area contributed by atoms with Crippen LogP contribution in [-0.2, 0) is 9.47 Å². The van der Waals surface area contributed by atoms with Crippen LogP contribution in [0.25, 0.3) is 0 Å². The predicted octanol–water partition coefficient (Wildman–Crippen LogP) is 0.781. The Bertz CT molecular complexity index is 381. The summed E-state index contributed by atoms with van der Waals surface area (Å²) in [5.41, 5.74) is 1.96. The molecule has 2 saturated heterocycles. The van der Waals surface area contributed by atoms with Crippen molar-refractivity contribution in [1.82, 2.24) is 4.90 Å². The van der Waals surface area contributed by atoms with Crippen LogP contribution in [0.4, 0.5) is 0 Å². The van der Waals surface area contributed by atoms with Crippen LogP contribution in [-0.4, -0.2) is 37.0 Å². The maximum atomic E-state index is 8.83. The maximum absolute atomic E-state index is 8.83. The molecule has 0 amide bonds. The van der Waals surface area contributed by atoms with Gasteiger partial charge in [0.25, 0.3) is 0 Å². The first-order valence-corrected chi connectivity index (χ1v) is 5.15. The number of allylic oxidation sites excluding steroid dienone is 2. The Labute approximate surface area is 88.4 Å². The van der Waals surface area contributed by atoms with Gasteiger partial charge in [0, 0.05) is 17.7 Å². The van der Waals surface area contributed by atoms with E-state index >= 15 is 0 Å². The Kier molecular flexibility index (Phi) is 2.01. The van der Waals surface area contributed by atoms with Gasteiger partial charge in [-0.3, -0.25) is 0 Å². The first-order valence-electron chi connectivity index (χ1n) is 5.15. The maximum Gasteiger partial charge on any atom is 0.119 e. The van der Waals surface area contributed by atoms with E-state index in [1.807, 2.05) is 12.2 Å². The molecule has 1 aliphatic carbocycles. The van der Waals surface area contributed by atoms with Gasteiger partial charge in [0.2, 0.25) is 0 Å². The summed E-state index contributed by atoms with van der Waals surface area (Å²) < 4.78 is 11.2. The molecule has 0 saturated carbocycles. The highest BCUT2D eigenvalue weighted by molar-refractivity contribution is 5.35. The lowest BCUT2D eigenvalue weighted by atomic mass is 9.97. The van der Waals surface area contributed by atoms with Crippen molar-refractivity contribution in [3.63, 3.8) is 0 Å². The van der Waals surface area contributed by atoms with E-state index in [0.717, 1.165) is 12.2 Å². The Balaban J connectivity index is 1.91. The lowest BCUT2D eigenvalue weighted by Crippen LogP contribution is -2.45. The summed E-state index contributed by atoms with van der Waals surface area (Å²) in [4.78, 5) is 2.25. The van der Waals surface area contributed by atoms with Crippen LogP contribution in [0.2, 0.25) is 0 Å². The summed E-state index contributed by atoms with van der Waals surface area (Å²) in [5.74, 6) is 0. The Hall–Kier alpha value is -1.31. The largest absolute Gasteiger partial charge is 0.369 e. The summed E-state index contributed by atoms with van der Waals surface area (Å²) in [7, 11) is 0. The summed E-state index contributed by atoms with van der Waals surface area (Å²) in [6, 6.07) is 2.55. The summed E-state index contributed by atoms with van der Waals surface area (Å²) >= 11 is 0. The molecule has 0 bridgehead atoms. The van der Waals surface area contributed by atoms with Crippen molar-refractivity contribution in [1.29, 1.82) is 5.26 Å². The van der Waals surface area contributed by atoms with Crippen molar-refractivity contribution < 1.29 is 9.47 Å². The number of nitrogens with zero attached hydrogens (tertiary/aromatic N) is 2. The normalized spacial score (nSPS) is 33.7. The highest BCUT2D eigenvalue weighted by Crippen LogP contribution is 2.32. The van der Waals surface area contributed by atoms with Gasteiger partial charge in [0.15, 0.2) is 0 Å². The van der Waals surface area contributed by atoms with E-state index in [1.54, 1.807) is 0 Å². The molecule has 4 heteroatoms. The fourth-order valence-electron chi connectivity index (χ4n) is 2.31. The third-order valence-corrected chi connectivity index (χ3v) is 3.14. The number of rotatable bonds is 0. The molecule has 2 fully saturated rings. The van der Waals surface area contributed by atoms with Gasteiger partial charge >= 0.3 is 0 Å². The van der Waals surface area contributed by atoms with Gasteiger partial charge in [0.1, 0.15) is 12.8 Å². The fourth-order valence-corrected chi connectivity index (χ4v) is 2.31. The molecule has 15 heavy (non-hydrogen) atoms. The van der Waals surface area contributed by atoms with Crippen LogP contribution in [0.15, 0.2) is 23.4 Å². The van der Waals surface area contributed by atoms with E-state index in [0.29, 0.717) is 25.8 Å². The molecule has 3 aliphatic rings. The van der Waals surface area contributed by atoms with E-state index in [1.165, 1.54) is 5.70 Å². The van der Waals surface area contributed by atoms with Gasteiger partial charge in [-0.05, 0) is 12.2 Å². The third kappa shape index (κ3) is 1.36. The van der Waals surface area contributed by atoms with Crippen LogP contribution >= 0.6 is 0 Å². The van der Waals surface area contributed by atoms with Gasteiger partial charge in [-0.15, -0.1) is 0 Å². The molecule has 2 unspecified atom stereocenters. The molecular formula is C11H12N2O2. The van der Waals surface area contributed by atoms with E-state index in [9.17, 15) is 0 Å². The topological polar surface area (TPSA) is 45.5 Å². The number of hydrogen-bond donors (Lipinski definition) is 0. The van der Waals surface area contributed by atoms with Gasteiger partial charge in [0.05, 0.1) is 25.3 Å². The molecule has 4 nitrogen and oxygen atoms in total. The molecule has 78 valence electrons. The van der Waals surface area contributed by atoms with Crippen LogP contribution in [0.3, 0.4) is 0 Å². The first kappa shape index (κ1) is 8.96. The number of nitriles is 1. The average Bonchev–Trinajstić information content (AvgIpc) is 2.76. The molecule has 0 radical (unpaired) electrons. The zero-order valence-corrected chi connectivity index (χ0v) is 8.35. The van der Waals surface area contributed by atoms with Crippen molar-refractivity contribution in [2.75, 3.05) is 19.9 Å². The summed E-state index contributed by atoms with van der Waals surface area (Å²) in [5, 5.41) is 8.83. The Morgan fingerprint density at radius 1 is 1.40 bits per heavy atom. The lowest BCUT2D eigenvalue weighted by molar-refractivity contribution is -0.0119. The minimum absolute atomic E-state index is 0.0580. The highest BCUT2D eigenvalue weighted by Gasteiger charge is 2.37. The molecule has 0 aromatic carbocycles. The van der Waals surface area contributed by atoms with E-state index in [-0.39, 0.29) is 6.10 Å². The van der Waals surface area contributed by atoms with Crippen molar-refractivity contribution >= 4 is 0 Å². The second kappa shape index (κ2) is 3.37. The molecule has 0 aromatic rings. The van der Waals surface area contributed by atoms with E-state index in [2.05, 4.69) is 11.0 Å². The quantitative estimate of drug-likeness (QED) is 0.585. The SMILES string of the molecule is N#CC1=CC=C2C(C1)OCC1COCN21. The van der Waals surface area contributed by atoms with Crippen molar-refractivity contribution in [2.45, 2.75) is 18.6 Å². The number of fused-ring (bicyclic) bond motifs is 3. The lowest BCUT2D eigenvalue weighted by Gasteiger charge is -2.38. The Morgan fingerprint density at radius 3 is 3.20 bits per heavy atom. The second-order valence-electron chi connectivity index (χ2n) is 4.04. The minimum Gasteiger partial charge on any atom is -0.369 e. The third-order valence-electron chi connectivity index (χ3n) is 3.14. The zero-order chi connectivity index (χ0) is 10.3. The second-order valence-corrected chi connectivity index (χ2v) is 4.04. The average molecular weight is 204 g/mol. The Morgan fingerprint density at radius 2 is 2.33 bits per heavy atom. The van der Waals surface area contributed by atoms with Gasteiger partial charge < -0.3 is 14.4 Å². The summed E-state index contributed by atoms with van der Waals surface area (Å²) in [6.45, 7) is 2.12. The van der Waals surface area contributed by atoms with Gasteiger partial charge in [-0.2, -0.15) is 5.26 Å². The number of morpholine rings is 1. The zero-order valence-electron chi connectivity index (χ0n) is 8.35. The number of hydrogen-bond acceptors (Lipinski definition) is 4. The molecule has 2 aliphatic heterocycles. The molecule has 2 heterocycles. The first-order chi connectivity index (χ1) is 7.38. The monoisotopic (exact) mass is 204 g/mol. The highest BCUT2D eigenvalue weighted by atomic mass is 16.5. The van der Waals surface area contributed by atoms with E-state index in [4.69, 9.17) is 14.7 Å². The van der Waals surface area contributed by atoms with Crippen LogP contribution < -0.4 is 0 Å². The summed E-state index contributed by atoms with van der Waals surface area (Å²) in [6.07, 6.45) is 4.64. The predicted molar refractivity (Wildman–Crippen MR) is 52.6 cm³/mol. The fraction of sp³-hybridized carbons (Fsp3) is 0.545. The van der Waals surface area contributed by atoms with E-state index < -0.39 is 0 Å². The standard InChI is InChI=1S/C11H12N2O2/c12-4-8-1-2-10-11(3-8)15-6-9-5-14-7-13(9)10/h1-2,9,11H,3,5-7H2. The van der Waals surface area contributed by atoms with Crippen molar-refractivity contribution in [3.8, 4) is 6.07 Å². The van der Waals surface area contributed by atoms with Crippen molar-refractivity contribution in [2.24, 2.45) is 0 Å². The smallest absolute Gasteiger partial charge is 0.119 e. The van der Waals surface area contributed by atoms with Crippen LogP contribution in [0, 0.1) is 11.3 Å². The number of ether oxygens (including phenoxy) is 2. The molecule has 0 aromatic heterocycles. The molecular weight excluding hydrogens is 192 g/mol. The van der Waals surface area contributed by atoms with Crippen LogP contribution in [0.1, 0.15) is 6.42 Å². The molecule has 0 N–H and O–H groups in total. The minimum atomic E-state index is 0.0580. The van der Waals surface area contributed by atoms with Crippen molar-refractivity contribution in [3.05, 3.63) is 23.4 Å². The van der Waals surface area contributed by atoms with Gasteiger partial charge in [-0.1, -0.05) is 0 Å². The molecule has 0 spiro atoms.